The summed E-state index contributed by atoms with van der Waals surface area (Å²) in [5.41, 5.74) is 4.76. The number of amides is 1. The van der Waals surface area contributed by atoms with Crippen LogP contribution in [0.3, 0.4) is 0 Å². The second-order valence-electron chi connectivity index (χ2n) is 12.6. The average Bonchev–Trinajstić information content (AvgIpc) is 3.74. The van der Waals surface area contributed by atoms with E-state index in [-0.39, 0.29) is 24.3 Å². The summed E-state index contributed by atoms with van der Waals surface area (Å²) in [5.74, 6) is 0.730. The molecule has 1 N–H and O–H groups in total. The molecule has 1 saturated heterocycles. The number of aromatic nitrogens is 3. The van der Waals surface area contributed by atoms with E-state index in [2.05, 4.69) is 93.5 Å². The van der Waals surface area contributed by atoms with Gasteiger partial charge in [0.1, 0.15) is 6.10 Å². The van der Waals surface area contributed by atoms with Crippen molar-refractivity contribution in [3.05, 3.63) is 120 Å². The van der Waals surface area contributed by atoms with Gasteiger partial charge in [0.25, 0.3) is 0 Å². The average molecular weight is 592 g/mol. The molecule has 4 aromatic rings. The molecule has 0 radical (unpaired) electrons. The molecule has 3 aromatic carbocycles. The van der Waals surface area contributed by atoms with Gasteiger partial charge in [-0.3, -0.25) is 4.90 Å². The first-order chi connectivity index (χ1) is 21.7. The monoisotopic (exact) mass is 591 g/mol. The van der Waals surface area contributed by atoms with E-state index in [9.17, 15) is 4.79 Å². The first kappa shape index (κ1) is 30.1. The quantitative estimate of drug-likeness (QED) is 0.196. The van der Waals surface area contributed by atoms with Crippen molar-refractivity contribution < 1.29 is 9.53 Å². The number of nitrogens with zero attached hydrogens (tertiary/aromatic N) is 4. The lowest BCUT2D eigenvalue weighted by Crippen LogP contribution is -2.45. The SMILES string of the molecule is O=C(N[C@@H](Cc1ccccc1)[C@H](Cc1ccccc1)n1cc(CN2CCC(Cc3ccccc3)CC2)nn1)OC1CCCC1. The van der Waals surface area contributed by atoms with Crippen LogP contribution in [-0.4, -0.2) is 51.2 Å². The van der Waals surface area contributed by atoms with Gasteiger partial charge in [0.15, 0.2) is 0 Å². The molecule has 2 heterocycles. The molecule has 1 saturated carbocycles. The maximum absolute atomic E-state index is 13.2. The van der Waals surface area contributed by atoms with Crippen molar-refractivity contribution in [1.82, 2.24) is 25.2 Å². The van der Waals surface area contributed by atoms with Crippen LogP contribution < -0.4 is 5.32 Å². The van der Waals surface area contributed by atoms with Gasteiger partial charge in [0.2, 0.25) is 0 Å². The zero-order valence-corrected chi connectivity index (χ0v) is 25.6. The van der Waals surface area contributed by atoms with Crippen LogP contribution in [0.4, 0.5) is 4.79 Å². The molecule has 0 spiro atoms. The number of ether oxygens (including phenoxy) is 1. The van der Waals surface area contributed by atoms with Gasteiger partial charge in [-0.05, 0) is 93.5 Å². The van der Waals surface area contributed by atoms with Crippen LogP contribution in [0.1, 0.15) is 67.0 Å². The molecular formula is C37H45N5O2. The lowest BCUT2D eigenvalue weighted by molar-refractivity contribution is 0.0946. The Hall–Kier alpha value is -3.97. The topological polar surface area (TPSA) is 72.3 Å². The fourth-order valence-corrected chi connectivity index (χ4v) is 6.84. The summed E-state index contributed by atoms with van der Waals surface area (Å²) in [7, 11) is 0. The molecule has 2 aliphatic rings. The molecular weight excluding hydrogens is 546 g/mol. The van der Waals surface area contributed by atoms with E-state index in [0.717, 1.165) is 75.3 Å². The van der Waals surface area contributed by atoms with E-state index in [1.54, 1.807) is 0 Å². The minimum absolute atomic E-state index is 0.00903. The van der Waals surface area contributed by atoms with Crippen molar-refractivity contribution in [1.29, 1.82) is 0 Å². The highest BCUT2D eigenvalue weighted by molar-refractivity contribution is 5.68. The molecule has 44 heavy (non-hydrogen) atoms. The summed E-state index contributed by atoms with van der Waals surface area (Å²) in [6, 6.07) is 31.3. The third kappa shape index (κ3) is 8.56. The summed E-state index contributed by atoms with van der Waals surface area (Å²) < 4.78 is 7.85. The van der Waals surface area contributed by atoms with Crippen LogP contribution in [-0.2, 0) is 30.5 Å². The highest BCUT2D eigenvalue weighted by Gasteiger charge is 2.29. The van der Waals surface area contributed by atoms with Crippen molar-refractivity contribution in [3.63, 3.8) is 0 Å². The van der Waals surface area contributed by atoms with Crippen molar-refractivity contribution in [3.8, 4) is 0 Å². The molecule has 1 aromatic heterocycles. The number of carbonyl (C=O) groups excluding carboxylic acids is 1. The van der Waals surface area contributed by atoms with Crippen LogP contribution in [0, 0.1) is 5.92 Å². The Morgan fingerprint density at radius 2 is 1.39 bits per heavy atom. The minimum Gasteiger partial charge on any atom is -0.446 e. The molecule has 0 unspecified atom stereocenters. The first-order valence-electron chi connectivity index (χ1n) is 16.4. The molecule has 1 aliphatic carbocycles. The van der Waals surface area contributed by atoms with Gasteiger partial charge in [0.05, 0.1) is 24.0 Å². The zero-order valence-electron chi connectivity index (χ0n) is 25.6. The predicted octanol–water partition coefficient (Wildman–Crippen LogP) is 6.80. The number of piperidine rings is 1. The number of hydrogen-bond donors (Lipinski definition) is 1. The van der Waals surface area contributed by atoms with Crippen molar-refractivity contribution in [2.45, 2.75) is 82.5 Å². The second kappa shape index (κ2) is 15.2. The smallest absolute Gasteiger partial charge is 0.407 e. The first-order valence-corrected chi connectivity index (χ1v) is 16.4. The molecule has 230 valence electrons. The third-order valence-electron chi connectivity index (χ3n) is 9.29. The lowest BCUT2D eigenvalue weighted by atomic mass is 9.90. The number of likely N-dealkylation sites (tertiary alicyclic amines) is 1. The van der Waals surface area contributed by atoms with E-state index in [4.69, 9.17) is 4.74 Å². The molecule has 1 aliphatic heterocycles. The highest BCUT2D eigenvalue weighted by Crippen LogP contribution is 2.26. The number of rotatable bonds is 12. The fraction of sp³-hybridized carbons (Fsp3) is 0.432. The summed E-state index contributed by atoms with van der Waals surface area (Å²) in [6.45, 7) is 2.93. The molecule has 6 rings (SSSR count). The summed E-state index contributed by atoms with van der Waals surface area (Å²) in [6.07, 6.45) is 10.8. The molecule has 2 fully saturated rings. The Morgan fingerprint density at radius 3 is 2.02 bits per heavy atom. The highest BCUT2D eigenvalue weighted by atomic mass is 16.6. The van der Waals surface area contributed by atoms with Gasteiger partial charge >= 0.3 is 6.09 Å². The van der Waals surface area contributed by atoms with Crippen LogP contribution in [0.15, 0.2) is 97.2 Å². The van der Waals surface area contributed by atoms with Crippen LogP contribution >= 0.6 is 0 Å². The zero-order chi connectivity index (χ0) is 30.0. The normalized spacial score (nSPS) is 17.7. The largest absolute Gasteiger partial charge is 0.446 e. The Kier molecular flexibility index (Phi) is 10.4. The van der Waals surface area contributed by atoms with E-state index in [0.29, 0.717) is 6.42 Å². The standard InChI is InChI=1S/C37H45N5O2/c43-37(44-34-18-10-11-19-34)38-35(25-30-14-6-2-7-15-30)36(26-31-16-8-3-9-17-31)42-28-33(39-40-42)27-41-22-20-32(21-23-41)24-29-12-4-1-5-13-29/h1-9,12-17,28,32,34-36H,10-11,18-27H2,(H,38,43)/t35-,36-/m0/s1. The third-order valence-corrected chi connectivity index (χ3v) is 9.29. The molecule has 2 atom stereocenters. The van der Waals surface area contributed by atoms with Crippen LogP contribution in [0.25, 0.3) is 0 Å². The Morgan fingerprint density at radius 1 is 0.795 bits per heavy atom. The maximum Gasteiger partial charge on any atom is 0.407 e. The van der Waals surface area contributed by atoms with E-state index in [1.165, 1.54) is 24.0 Å². The number of hydrogen-bond acceptors (Lipinski definition) is 5. The van der Waals surface area contributed by atoms with Gasteiger partial charge in [-0.1, -0.05) is 96.2 Å². The van der Waals surface area contributed by atoms with Gasteiger partial charge in [-0.2, -0.15) is 0 Å². The van der Waals surface area contributed by atoms with Gasteiger partial charge in [-0.15, -0.1) is 5.10 Å². The van der Waals surface area contributed by atoms with Crippen molar-refractivity contribution in [2.24, 2.45) is 5.92 Å². The number of nitrogens with one attached hydrogen (secondary N) is 1. The number of carbonyl (C=O) groups is 1. The molecule has 1 amide bonds. The molecule has 7 heteroatoms. The van der Waals surface area contributed by atoms with E-state index in [1.807, 2.05) is 28.9 Å². The number of benzene rings is 3. The van der Waals surface area contributed by atoms with Gasteiger partial charge < -0.3 is 10.1 Å². The lowest BCUT2D eigenvalue weighted by Gasteiger charge is -2.31. The summed E-state index contributed by atoms with van der Waals surface area (Å²) >= 11 is 0. The maximum atomic E-state index is 13.2. The van der Waals surface area contributed by atoms with Gasteiger partial charge in [-0.25, -0.2) is 9.48 Å². The summed E-state index contributed by atoms with van der Waals surface area (Å²) in [5, 5.41) is 12.6. The van der Waals surface area contributed by atoms with Crippen molar-refractivity contribution >= 4 is 6.09 Å². The summed E-state index contributed by atoms with van der Waals surface area (Å²) in [4.78, 5) is 15.7. The number of alkyl carbamates (subject to hydrolysis) is 1. The minimum atomic E-state index is -0.338. The van der Waals surface area contributed by atoms with Crippen LogP contribution in [0.5, 0.6) is 0 Å². The predicted molar refractivity (Wildman–Crippen MR) is 173 cm³/mol. The van der Waals surface area contributed by atoms with Gasteiger partial charge in [0, 0.05) is 6.54 Å². The Balaban J connectivity index is 1.16. The Bertz CT molecular complexity index is 1410. The molecule has 7 nitrogen and oxygen atoms in total. The van der Waals surface area contributed by atoms with E-state index < -0.39 is 0 Å². The Labute approximate surface area is 261 Å². The second-order valence-corrected chi connectivity index (χ2v) is 12.6. The van der Waals surface area contributed by atoms with Crippen LogP contribution in [0.2, 0.25) is 0 Å². The van der Waals surface area contributed by atoms with Crippen molar-refractivity contribution in [2.75, 3.05) is 13.1 Å². The molecule has 0 bridgehead atoms. The van der Waals surface area contributed by atoms with E-state index >= 15 is 0 Å². The fourth-order valence-electron chi connectivity index (χ4n) is 6.84.